The van der Waals surface area contributed by atoms with Gasteiger partial charge in [-0.2, -0.15) is 8.42 Å². The summed E-state index contributed by atoms with van der Waals surface area (Å²) in [6.07, 6.45) is 3.12. The van der Waals surface area contributed by atoms with Crippen LogP contribution in [-0.4, -0.2) is 38.6 Å². The first-order valence-corrected chi connectivity index (χ1v) is 11.4. The smallest absolute Gasteiger partial charge is 0.296 e. The van der Waals surface area contributed by atoms with Crippen LogP contribution >= 0.6 is 0 Å². The molecule has 1 aliphatic rings. The highest BCUT2D eigenvalue weighted by Crippen LogP contribution is 2.33. The first-order chi connectivity index (χ1) is 14.2. The van der Waals surface area contributed by atoms with Crippen LogP contribution < -0.4 is 10.1 Å². The minimum Gasteiger partial charge on any atom is -0.467 e. The Morgan fingerprint density at radius 2 is 1.90 bits per heavy atom. The number of hydrogen-bond donors (Lipinski definition) is 1. The highest BCUT2D eigenvalue weighted by molar-refractivity contribution is 7.86. The molecule has 1 aromatic carbocycles. The van der Waals surface area contributed by atoms with Gasteiger partial charge in [0, 0.05) is 17.8 Å². The number of nitrogens with zero attached hydrogens (tertiary/aromatic N) is 1. The molecule has 1 heterocycles. The zero-order valence-electron chi connectivity index (χ0n) is 17.8. The predicted molar refractivity (Wildman–Crippen MR) is 113 cm³/mol. The van der Waals surface area contributed by atoms with Crippen LogP contribution in [0.3, 0.4) is 0 Å². The van der Waals surface area contributed by atoms with Gasteiger partial charge in [-0.1, -0.05) is 17.7 Å². The van der Waals surface area contributed by atoms with Crippen molar-refractivity contribution < 1.29 is 22.1 Å². The lowest BCUT2D eigenvalue weighted by Gasteiger charge is -2.12. The standard InChI is InChI=1S/C22H28N2O5S/c1-14(2)24-21(25)13-28-22-16(4)20-10-17(9-18(20)11-23-22)12-29-30(26,27)19-7-5-15(3)6-8-19/h5-8,11,14,17H,9-10,12-13H2,1-4H3,(H,24,25). The summed E-state index contributed by atoms with van der Waals surface area (Å²) in [5.74, 6) is 0.279. The maximum absolute atomic E-state index is 12.4. The third-order valence-corrected chi connectivity index (χ3v) is 6.35. The molecule has 0 aliphatic heterocycles. The van der Waals surface area contributed by atoms with Crippen molar-refractivity contribution in [2.45, 2.75) is 51.5 Å². The van der Waals surface area contributed by atoms with Crippen molar-refractivity contribution in [3.05, 3.63) is 52.7 Å². The van der Waals surface area contributed by atoms with Gasteiger partial charge in [0.25, 0.3) is 16.0 Å². The number of fused-ring (bicyclic) bond motifs is 1. The number of nitrogens with one attached hydrogen (secondary N) is 1. The van der Waals surface area contributed by atoms with Crippen molar-refractivity contribution >= 4 is 16.0 Å². The number of aromatic nitrogens is 1. The third-order valence-electron chi connectivity index (χ3n) is 5.06. The lowest BCUT2D eigenvalue weighted by Crippen LogP contribution is -2.34. The SMILES string of the molecule is Cc1ccc(S(=O)(=O)OCC2Cc3cnc(OCC(=O)NC(C)C)c(C)c3C2)cc1. The monoisotopic (exact) mass is 432 g/mol. The van der Waals surface area contributed by atoms with Crippen molar-refractivity contribution in [2.24, 2.45) is 5.92 Å². The summed E-state index contributed by atoms with van der Waals surface area (Å²) in [5, 5.41) is 2.77. The molecule has 30 heavy (non-hydrogen) atoms. The average Bonchev–Trinajstić information content (AvgIpc) is 3.10. The van der Waals surface area contributed by atoms with Crippen molar-refractivity contribution in [1.29, 1.82) is 0 Å². The van der Waals surface area contributed by atoms with E-state index in [1.807, 2.05) is 27.7 Å². The summed E-state index contributed by atoms with van der Waals surface area (Å²) >= 11 is 0. The van der Waals surface area contributed by atoms with Gasteiger partial charge in [-0.25, -0.2) is 4.98 Å². The first-order valence-electron chi connectivity index (χ1n) is 10.0. The summed E-state index contributed by atoms with van der Waals surface area (Å²) in [6, 6.07) is 6.66. The molecule has 8 heteroatoms. The number of aryl methyl sites for hydroxylation is 1. The topological polar surface area (TPSA) is 94.6 Å². The molecule has 0 spiro atoms. The molecule has 1 aliphatic carbocycles. The van der Waals surface area contributed by atoms with Crippen LogP contribution in [0.4, 0.5) is 0 Å². The van der Waals surface area contributed by atoms with Crippen molar-refractivity contribution in [2.75, 3.05) is 13.2 Å². The summed E-state index contributed by atoms with van der Waals surface area (Å²) < 4.78 is 35.8. The first kappa shape index (κ1) is 22.2. The minimum atomic E-state index is -3.78. The summed E-state index contributed by atoms with van der Waals surface area (Å²) in [4.78, 5) is 16.3. The van der Waals surface area contributed by atoms with Crippen LogP contribution in [0.25, 0.3) is 0 Å². The Bertz CT molecular complexity index is 1020. The Kier molecular flexibility index (Phi) is 6.77. The Hall–Kier alpha value is -2.45. The van der Waals surface area contributed by atoms with Crippen molar-refractivity contribution in [1.82, 2.24) is 10.3 Å². The van der Waals surface area contributed by atoms with Crippen molar-refractivity contribution in [3.63, 3.8) is 0 Å². The van der Waals surface area contributed by atoms with E-state index in [0.29, 0.717) is 18.7 Å². The Morgan fingerprint density at radius 3 is 2.57 bits per heavy atom. The number of amides is 1. The number of benzene rings is 1. The largest absolute Gasteiger partial charge is 0.467 e. The molecule has 1 N–H and O–H groups in total. The van der Waals surface area contributed by atoms with E-state index in [0.717, 1.165) is 22.3 Å². The minimum absolute atomic E-state index is 0.0419. The quantitative estimate of drug-likeness (QED) is 0.645. The highest BCUT2D eigenvalue weighted by atomic mass is 32.2. The van der Waals surface area contributed by atoms with Gasteiger partial charge in [-0.15, -0.1) is 0 Å². The molecule has 0 radical (unpaired) electrons. The predicted octanol–water partition coefficient (Wildman–Crippen LogP) is 2.72. The van der Waals surface area contributed by atoms with Gasteiger partial charge >= 0.3 is 0 Å². The molecule has 2 aromatic rings. The van der Waals surface area contributed by atoms with Crippen molar-refractivity contribution in [3.8, 4) is 5.88 Å². The van der Waals surface area contributed by atoms with E-state index < -0.39 is 10.1 Å². The van der Waals surface area contributed by atoms with E-state index >= 15 is 0 Å². The van der Waals surface area contributed by atoms with E-state index in [9.17, 15) is 13.2 Å². The van der Waals surface area contributed by atoms with Gasteiger partial charge in [0.1, 0.15) is 0 Å². The van der Waals surface area contributed by atoms with Crippen LogP contribution in [0.1, 0.15) is 36.1 Å². The van der Waals surface area contributed by atoms with E-state index in [2.05, 4.69) is 10.3 Å². The van der Waals surface area contributed by atoms with Gasteiger partial charge < -0.3 is 10.1 Å². The maximum Gasteiger partial charge on any atom is 0.296 e. The van der Waals surface area contributed by atoms with Gasteiger partial charge in [0.15, 0.2) is 6.61 Å². The van der Waals surface area contributed by atoms with Crippen LogP contribution in [0.5, 0.6) is 5.88 Å². The molecular weight excluding hydrogens is 404 g/mol. The van der Waals surface area contributed by atoms with Gasteiger partial charge in [-0.3, -0.25) is 8.98 Å². The third kappa shape index (κ3) is 5.37. The second kappa shape index (κ2) is 9.14. The molecule has 1 aromatic heterocycles. The molecule has 1 amide bonds. The van der Waals surface area contributed by atoms with E-state index in [1.54, 1.807) is 30.5 Å². The Morgan fingerprint density at radius 1 is 1.20 bits per heavy atom. The highest BCUT2D eigenvalue weighted by Gasteiger charge is 2.27. The molecule has 0 saturated carbocycles. The molecule has 1 atom stereocenters. The zero-order chi connectivity index (χ0) is 21.9. The van der Waals surface area contributed by atoms with Crippen LogP contribution in [0, 0.1) is 19.8 Å². The lowest BCUT2D eigenvalue weighted by atomic mass is 10.1. The van der Waals surface area contributed by atoms with E-state index in [1.165, 1.54) is 0 Å². The number of carbonyl (C=O) groups excluding carboxylic acids is 1. The molecule has 0 fully saturated rings. The lowest BCUT2D eigenvalue weighted by molar-refractivity contribution is -0.123. The number of ether oxygens (including phenoxy) is 1. The fourth-order valence-corrected chi connectivity index (χ4v) is 4.51. The molecule has 0 saturated heterocycles. The number of pyridine rings is 1. The number of rotatable bonds is 8. The normalized spacial score (nSPS) is 15.8. The summed E-state index contributed by atoms with van der Waals surface area (Å²) in [5.41, 5.74) is 4.02. The van der Waals surface area contributed by atoms with Crippen LogP contribution in [0.2, 0.25) is 0 Å². The molecule has 1 unspecified atom stereocenters. The fraction of sp³-hybridized carbons (Fsp3) is 0.455. The Labute approximate surface area is 177 Å². The maximum atomic E-state index is 12.4. The van der Waals surface area contributed by atoms with Gasteiger partial charge in [0.05, 0.1) is 11.5 Å². The summed E-state index contributed by atoms with van der Waals surface area (Å²) in [7, 11) is -3.78. The second-order valence-electron chi connectivity index (χ2n) is 8.03. The fourth-order valence-electron chi connectivity index (χ4n) is 3.53. The van der Waals surface area contributed by atoms with Crippen LogP contribution in [-0.2, 0) is 31.9 Å². The van der Waals surface area contributed by atoms with Crippen LogP contribution in [0.15, 0.2) is 35.4 Å². The molecule has 0 bridgehead atoms. The zero-order valence-corrected chi connectivity index (χ0v) is 18.6. The number of carbonyl (C=O) groups is 1. The summed E-state index contributed by atoms with van der Waals surface area (Å²) in [6.45, 7) is 7.60. The molecular formula is C22H28N2O5S. The molecule has 3 rings (SSSR count). The average molecular weight is 433 g/mol. The molecule has 7 nitrogen and oxygen atoms in total. The van der Waals surface area contributed by atoms with E-state index in [-0.39, 0.29) is 36.0 Å². The van der Waals surface area contributed by atoms with Gasteiger partial charge in [0.2, 0.25) is 5.88 Å². The van der Waals surface area contributed by atoms with E-state index in [4.69, 9.17) is 8.92 Å². The number of hydrogen-bond acceptors (Lipinski definition) is 6. The molecule has 162 valence electrons. The van der Waals surface area contributed by atoms with Gasteiger partial charge in [-0.05, 0) is 69.7 Å². The Balaban J connectivity index is 1.60. The second-order valence-corrected chi connectivity index (χ2v) is 9.64.